The van der Waals surface area contributed by atoms with Crippen molar-refractivity contribution in [3.63, 3.8) is 0 Å². The SMILES string of the molecule is CN/N=C(\CO)[C@]1(O)Cc2c(O)c3c(c(O)c2[C@@H](O[C@H]2C[C@H](N)[C@H](O)[C@H](C)O2)C1)C(=O)c1c(OC)cccc1C3=O. The summed E-state index contributed by atoms with van der Waals surface area (Å²) in [4.78, 5) is 27.4. The van der Waals surface area contributed by atoms with Crippen molar-refractivity contribution < 1.29 is 49.3 Å². The molecule has 1 fully saturated rings. The summed E-state index contributed by atoms with van der Waals surface area (Å²) >= 11 is 0. The van der Waals surface area contributed by atoms with Gasteiger partial charge in [0.15, 0.2) is 12.1 Å². The number of phenolic OH excluding ortho intramolecular Hbond substituents is 2. The molecule has 3 aliphatic rings. The van der Waals surface area contributed by atoms with E-state index in [2.05, 4.69) is 10.5 Å². The first-order chi connectivity index (χ1) is 19.5. The number of hydrogen-bond acceptors (Lipinski definition) is 13. The number of benzene rings is 2. The second-order valence-corrected chi connectivity index (χ2v) is 10.5. The van der Waals surface area contributed by atoms with Gasteiger partial charge in [-0.2, -0.15) is 5.10 Å². The van der Waals surface area contributed by atoms with Crippen molar-refractivity contribution in [3.05, 3.63) is 51.6 Å². The maximum atomic E-state index is 13.8. The molecule has 2 aromatic carbocycles. The lowest BCUT2D eigenvalue weighted by molar-refractivity contribution is -0.245. The van der Waals surface area contributed by atoms with Crippen LogP contribution in [0.3, 0.4) is 0 Å². The van der Waals surface area contributed by atoms with E-state index in [-0.39, 0.29) is 53.0 Å². The van der Waals surface area contributed by atoms with Crippen molar-refractivity contribution in [2.24, 2.45) is 10.8 Å². The molecule has 13 nitrogen and oxygen atoms in total. The predicted octanol–water partition coefficient (Wildman–Crippen LogP) is 0.00760. The van der Waals surface area contributed by atoms with Gasteiger partial charge in [-0.25, -0.2) is 0 Å². The first-order valence-corrected chi connectivity index (χ1v) is 13.2. The number of nitrogens with two attached hydrogens (primary N) is 1. The number of ether oxygens (including phenoxy) is 3. The van der Waals surface area contributed by atoms with Gasteiger partial charge >= 0.3 is 0 Å². The first kappa shape index (κ1) is 28.9. The molecule has 6 atom stereocenters. The van der Waals surface area contributed by atoms with Crippen LogP contribution in [0.25, 0.3) is 0 Å². The number of hydrogen-bond donors (Lipinski definition) is 7. The molecule has 0 unspecified atom stereocenters. The maximum Gasteiger partial charge on any atom is 0.202 e. The molecule has 0 amide bonds. The number of carbonyl (C=O) groups excluding carboxylic acids is 2. The Hall–Kier alpha value is -3.59. The summed E-state index contributed by atoms with van der Waals surface area (Å²) in [5, 5.41) is 59.1. The zero-order valence-corrected chi connectivity index (χ0v) is 22.7. The van der Waals surface area contributed by atoms with Crippen LogP contribution >= 0.6 is 0 Å². The number of aliphatic hydroxyl groups excluding tert-OH is 2. The average molecular weight is 572 g/mol. The van der Waals surface area contributed by atoms with Crippen LogP contribution in [-0.4, -0.2) is 93.7 Å². The van der Waals surface area contributed by atoms with E-state index in [1.807, 2.05) is 0 Å². The highest BCUT2D eigenvalue weighted by Gasteiger charge is 2.49. The van der Waals surface area contributed by atoms with E-state index in [1.165, 1.54) is 32.4 Å². The van der Waals surface area contributed by atoms with Gasteiger partial charge in [-0.3, -0.25) is 9.59 Å². The van der Waals surface area contributed by atoms with Crippen molar-refractivity contribution in [1.29, 1.82) is 0 Å². The molecule has 2 aromatic rings. The number of nitrogens with one attached hydrogen (secondary N) is 1. The van der Waals surface area contributed by atoms with Gasteiger partial charge in [0.25, 0.3) is 0 Å². The Morgan fingerprint density at radius 2 is 1.90 bits per heavy atom. The number of ketones is 2. The second kappa shape index (κ2) is 10.7. The van der Waals surface area contributed by atoms with Gasteiger partial charge < -0.3 is 50.9 Å². The molecule has 13 heteroatoms. The van der Waals surface area contributed by atoms with E-state index in [0.717, 1.165) is 0 Å². The van der Waals surface area contributed by atoms with E-state index in [0.29, 0.717) is 0 Å². The minimum atomic E-state index is -1.90. The standard InChI is InChI=1S/C28H33N3O10/c1-11-23(33)14(29)7-18(40-11)41-16-9-28(38,17(10-32)31-30-2)8-13-20(16)27(37)22-21(25(13)35)24(34)12-5-4-6-15(39-3)19(12)26(22)36/h4-6,11,14,16,18,23,30,32-33,35,37-38H,7-10,29H2,1-3H3/b31-17+/t11-,14-,16-,18-,23+,28-/m0/s1. The maximum absolute atomic E-state index is 13.8. The molecular formula is C28H33N3O10. The molecule has 8 N–H and O–H groups in total. The van der Waals surface area contributed by atoms with Gasteiger partial charge in [-0.1, -0.05) is 12.1 Å². The largest absolute Gasteiger partial charge is 0.507 e. The van der Waals surface area contributed by atoms with Gasteiger partial charge in [0, 0.05) is 49.0 Å². The minimum absolute atomic E-state index is 0.0136. The van der Waals surface area contributed by atoms with E-state index in [1.54, 1.807) is 6.92 Å². The molecule has 1 aliphatic heterocycles. The third-order valence-corrected chi connectivity index (χ3v) is 8.08. The normalized spacial score (nSPS) is 29.4. The fourth-order valence-corrected chi connectivity index (χ4v) is 6.03. The number of hydrazone groups is 1. The summed E-state index contributed by atoms with van der Waals surface area (Å²) in [5.41, 5.74) is 5.62. The topological polar surface area (TPSA) is 213 Å². The van der Waals surface area contributed by atoms with Crippen molar-refractivity contribution in [3.8, 4) is 17.2 Å². The third-order valence-electron chi connectivity index (χ3n) is 8.08. The lowest BCUT2D eigenvalue weighted by atomic mass is 9.71. The zero-order valence-electron chi connectivity index (χ0n) is 22.7. The third kappa shape index (κ3) is 4.54. The van der Waals surface area contributed by atoms with Crippen LogP contribution in [0.5, 0.6) is 17.2 Å². The molecular weight excluding hydrogens is 538 g/mol. The molecule has 1 heterocycles. The number of nitrogens with zero attached hydrogens (tertiary/aromatic N) is 1. The number of methoxy groups -OCH3 is 1. The Bertz CT molecular complexity index is 1430. The Morgan fingerprint density at radius 1 is 1.20 bits per heavy atom. The number of rotatable bonds is 6. The van der Waals surface area contributed by atoms with Crippen molar-refractivity contribution in [2.45, 2.75) is 62.4 Å². The molecule has 41 heavy (non-hydrogen) atoms. The molecule has 0 radical (unpaired) electrons. The summed E-state index contributed by atoms with van der Waals surface area (Å²) in [7, 11) is 2.82. The van der Waals surface area contributed by atoms with Gasteiger partial charge in [-0.05, 0) is 13.0 Å². The van der Waals surface area contributed by atoms with Gasteiger partial charge in [-0.15, -0.1) is 0 Å². The first-order valence-electron chi connectivity index (χ1n) is 13.2. The fourth-order valence-electron chi connectivity index (χ4n) is 6.03. The Balaban J connectivity index is 1.70. The summed E-state index contributed by atoms with van der Waals surface area (Å²) in [5.74, 6) is -2.54. The summed E-state index contributed by atoms with van der Waals surface area (Å²) < 4.78 is 17.3. The Labute approximate surface area is 235 Å². The number of phenols is 2. The van der Waals surface area contributed by atoms with Crippen LogP contribution in [0, 0.1) is 0 Å². The van der Waals surface area contributed by atoms with Crippen molar-refractivity contribution in [2.75, 3.05) is 20.8 Å². The summed E-state index contributed by atoms with van der Waals surface area (Å²) in [6.45, 7) is 0.957. The van der Waals surface area contributed by atoms with E-state index in [4.69, 9.17) is 19.9 Å². The van der Waals surface area contributed by atoms with E-state index >= 15 is 0 Å². The number of carbonyl (C=O) groups is 2. The molecule has 0 saturated carbocycles. The van der Waals surface area contributed by atoms with E-state index < -0.39 is 77.0 Å². The van der Waals surface area contributed by atoms with Crippen LogP contribution in [0.4, 0.5) is 0 Å². The smallest absolute Gasteiger partial charge is 0.202 e. The van der Waals surface area contributed by atoms with Gasteiger partial charge in [0.1, 0.15) is 22.8 Å². The van der Waals surface area contributed by atoms with Gasteiger partial charge in [0.2, 0.25) is 5.78 Å². The summed E-state index contributed by atoms with van der Waals surface area (Å²) in [6.07, 6.45) is -4.46. The highest BCUT2D eigenvalue weighted by molar-refractivity contribution is 6.31. The predicted molar refractivity (Wildman–Crippen MR) is 143 cm³/mol. The van der Waals surface area contributed by atoms with Crippen LogP contribution < -0.4 is 15.9 Å². The van der Waals surface area contributed by atoms with Crippen molar-refractivity contribution >= 4 is 17.3 Å². The molecule has 0 bridgehead atoms. The van der Waals surface area contributed by atoms with Gasteiger partial charge in [0.05, 0.1) is 54.4 Å². The molecule has 0 aromatic heterocycles. The zero-order chi connectivity index (χ0) is 29.8. The number of aliphatic hydroxyl groups is 3. The Morgan fingerprint density at radius 3 is 2.54 bits per heavy atom. The number of aromatic hydroxyl groups is 2. The Kier molecular flexibility index (Phi) is 7.53. The second-order valence-electron chi connectivity index (χ2n) is 10.5. The summed E-state index contributed by atoms with van der Waals surface area (Å²) in [6, 6.07) is 3.76. The molecule has 1 saturated heterocycles. The van der Waals surface area contributed by atoms with Crippen LogP contribution in [0.2, 0.25) is 0 Å². The molecule has 0 spiro atoms. The monoisotopic (exact) mass is 571 g/mol. The lowest BCUT2D eigenvalue weighted by Gasteiger charge is -2.43. The van der Waals surface area contributed by atoms with Crippen LogP contribution in [0.1, 0.15) is 68.8 Å². The number of fused-ring (bicyclic) bond motifs is 3. The molecule has 5 rings (SSSR count). The molecule has 220 valence electrons. The molecule has 2 aliphatic carbocycles. The minimum Gasteiger partial charge on any atom is -0.507 e. The van der Waals surface area contributed by atoms with E-state index in [9.17, 15) is 35.1 Å². The fraction of sp³-hybridized carbons (Fsp3) is 0.464. The highest BCUT2D eigenvalue weighted by atomic mass is 16.7. The highest BCUT2D eigenvalue weighted by Crippen LogP contribution is 2.52. The van der Waals surface area contributed by atoms with Crippen molar-refractivity contribution in [1.82, 2.24) is 5.43 Å². The lowest BCUT2D eigenvalue weighted by Crippen LogP contribution is -2.53. The van der Waals surface area contributed by atoms with Crippen LogP contribution in [-0.2, 0) is 15.9 Å². The average Bonchev–Trinajstić information content (AvgIpc) is 2.94. The quantitative estimate of drug-likeness (QED) is 0.118. The van der Waals surface area contributed by atoms with Crippen LogP contribution in [0.15, 0.2) is 23.3 Å².